The number of rotatable bonds is 4. The maximum absolute atomic E-state index is 13.3. The molecule has 4 rings (SSSR count). The molecule has 0 radical (unpaired) electrons. The van der Waals surface area contributed by atoms with Gasteiger partial charge in [-0.1, -0.05) is 24.3 Å². The van der Waals surface area contributed by atoms with E-state index in [1.165, 1.54) is 29.7 Å². The Labute approximate surface area is 180 Å². The van der Waals surface area contributed by atoms with E-state index in [1.807, 2.05) is 12.3 Å². The first-order valence-electron chi connectivity index (χ1n) is 8.89. The Balaban J connectivity index is 1.79. The summed E-state index contributed by atoms with van der Waals surface area (Å²) in [4.78, 5) is 8.26. The molecular formula is C20H15F3N4O2S2. The maximum Gasteiger partial charge on any atom is 0.435 e. The molecule has 0 aliphatic rings. The molecule has 160 valence electrons. The Morgan fingerprint density at radius 3 is 2.23 bits per heavy atom. The first kappa shape index (κ1) is 21.2. The van der Waals surface area contributed by atoms with E-state index < -0.39 is 21.7 Å². The summed E-state index contributed by atoms with van der Waals surface area (Å²) in [5.41, 5.74) is 1.48. The van der Waals surface area contributed by atoms with Gasteiger partial charge >= 0.3 is 6.18 Å². The van der Waals surface area contributed by atoms with E-state index in [9.17, 15) is 21.6 Å². The molecule has 0 aliphatic heterocycles. The Morgan fingerprint density at radius 2 is 1.71 bits per heavy atom. The lowest BCUT2D eigenvalue weighted by Crippen LogP contribution is -2.08. The van der Waals surface area contributed by atoms with E-state index in [1.54, 1.807) is 24.3 Å². The highest BCUT2D eigenvalue weighted by Crippen LogP contribution is 2.34. The Bertz CT molecular complexity index is 1340. The molecule has 0 spiro atoms. The molecule has 1 aromatic carbocycles. The fourth-order valence-corrected chi connectivity index (χ4v) is 4.13. The van der Waals surface area contributed by atoms with Crippen molar-refractivity contribution in [1.82, 2.24) is 19.7 Å². The van der Waals surface area contributed by atoms with Crippen LogP contribution in [0.3, 0.4) is 0 Å². The Hall–Kier alpha value is -3.05. The number of sulfone groups is 1. The second kappa shape index (κ2) is 7.57. The summed E-state index contributed by atoms with van der Waals surface area (Å²) in [6, 6.07) is 10.5. The number of thiazole rings is 1. The quantitative estimate of drug-likeness (QED) is 0.434. The second-order valence-corrected chi connectivity index (χ2v) is 9.81. The Morgan fingerprint density at radius 1 is 1.03 bits per heavy atom. The predicted octanol–water partition coefficient (Wildman–Crippen LogP) is 4.79. The summed E-state index contributed by atoms with van der Waals surface area (Å²) in [6.45, 7) is 1.89. The van der Waals surface area contributed by atoms with Crippen molar-refractivity contribution in [1.29, 1.82) is 0 Å². The molecular weight excluding hydrogens is 449 g/mol. The molecule has 0 atom stereocenters. The topological polar surface area (TPSA) is 77.7 Å². The third kappa shape index (κ3) is 4.37. The number of nitrogens with zero attached hydrogens (tertiary/aromatic N) is 4. The summed E-state index contributed by atoms with van der Waals surface area (Å²) in [7, 11) is -3.54. The average Bonchev–Trinajstić information content (AvgIpc) is 3.34. The van der Waals surface area contributed by atoms with Crippen molar-refractivity contribution < 1.29 is 21.6 Å². The van der Waals surface area contributed by atoms with Gasteiger partial charge in [0.25, 0.3) is 0 Å². The van der Waals surface area contributed by atoms with Gasteiger partial charge in [0.2, 0.25) is 0 Å². The minimum atomic E-state index is -4.64. The van der Waals surface area contributed by atoms with Gasteiger partial charge in [-0.15, -0.1) is 11.3 Å². The van der Waals surface area contributed by atoms with Gasteiger partial charge in [0, 0.05) is 22.8 Å². The molecule has 11 heteroatoms. The minimum Gasteiger partial charge on any atom is -0.242 e. The zero-order valence-corrected chi connectivity index (χ0v) is 17.9. The number of pyridine rings is 1. The molecule has 0 aliphatic carbocycles. The van der Waals surface area contributed by atoms with Crippen LogP contribution in [0, 0.1) is 6.92 Å². The summed E-state index contributed by atoms with van der Waals surface area (Å²) in [6.07, 6.45) is -2.46. The standard InChI is InChI=1S/C20H15F3N4O2S2/c1-12-25-16(11-30-12)13-3-5-14(6-4-13)17-9-18(20(21,22)23)26-27(17)15-7-8-19(24-10-15)31(2,28)29/h3-11H,1-2H3. The number of halogens is 3. The van der Waals surface area contributed by atoms with Gasteiger partial charge < -0.3 is 0 Å². The Kier molecular flexibility index (Phi) is 5.18. The monoisotopic (exact) mass is 464 g/mol. The summed E-state index contributed by atoms with van der Waals surface area (Å²) >= 11 is 1.51. The van der Waals surface area contributed by atoms with Gasteiger partial charge in [0.05, 0.1) is 28.3 Å². The maximum atomic E-state index is 13.3. The lowest BCUT2D eigenvalue weighted by molar-refractivity contribution is -0.141. The van der Waals surface area contributed by atoms with Crippen molar-refractivity contribution in [2.24, 2.45) is 0 Å². The fraction of sp³-hybridized carbons (Fsp3) is 0.150. The third-order valence-corrected chi connectivity index (χ3v) is 6.22. The zero-order chi connectivity index (χ0) is 22.4. The van der Waals surface area contributed by atoms with Gasteiger partial charge in [0.1, 0.15) is 0 Å². The average molecular weight is 464 g/mol. The molecule has 0 saturated carbocycles. The van der Waals surface area contributed by atoms with Crippen molar-refractivity contribution in [2.45, 2.75) is 18.1 Å². The number of hydrogen-bond donors (Lipinski definition) is 0. The summed E-state index contributed by atoms with van der Waals surface area (Å²) in [5.74, 6) is 0. The van der Waals surface area contributed by atoms with Gasteiger partial charge in [-0.25, -0.2) is 23.1 Å². The number of aryl methyl sites for hydroxylation is 1. The van der Waals surface area contributed by atoms with Crippen LogP contribution in [0.15, 0.2) is 59.1 Å². The van der Waals surface area contributed by atoms with Crippen molar-refractivity contribution in [2.75, 3.05) is 6.26 Å². The number of benzene rings is 1. The molecule has 0 saturated heterocycles. The van der Waals surface area contributed by atoms with Crippen LogP contribution in [0.1, 0.15) is 10.7 Å². The lowest BCUT2D eigenvalue weighted by Gasteiger charge is -2.08. The largest absolute Gasteiger partial charge is 0.435 e. The zero-order valence-electron chi connectivity index (χ0n) is 16.3. The van der Waals surface area contributed by atoms with Gasteiger partial charge in [-0.2, -0.15) is 18.3 Å². The highest BCUT2D eigenvalue weighted by Gasteiger charge is 2.35. The predicted molar refractivity (Wildman–Crippen MR) is 111 cm³/mol. The lowest BCUT2D eigenvalue weighted by atomic mass is 10.1. The fourth-order valence-electron chi connectivity index (χ4n) is 2.95. The molecule has 0 fully saturated rings. The van der Waals surface area contributed by atoms with E-state index in [-0.39, 0.29) is 16.4 Å². The highest BCUT2D eigenvalue weighted by atomic mass is 32.2. The number of aromatic nitrogens is 4. The smallest absolute Gasteiger partial charge is 0.242 e. The van der Waals surface area contributed by atoms with Crippen LogP contribution in [-0.2, 0) is 16.0 Å². The second-order valence-electron chi connectivity index (χ2n) is 6.78. The number of alkyl halides is 3. The van der Waals surface area contributed by atoms with Gasteiger partial charge in [-0.3, -0.25) is 0 Å². The van der Waals surface area contributed by atoms with E-state index in [2.05, 4.69) is 15.1 Å². The summed E-state index contributed by atoms with van der Waals surface area (Å²) in [5, 5.41) is 6.34. The van der Waals surface area contributed by atoms with Crippen molar-refractivity contribution in [3.05, 3.63) is 64.7 Å². The van der Waals surface area contributed by atoms with Gasteiger partial charge in [0.15, 0.2) is 20.6 Å². The van der Waals surface area contributed by atoms with Gasteiger partial charge in [-0.05, 0) is 25.1 Å². The van der Waals surface area contributed by atoms with Crippen LogP contribution >= 0.6 is 11.3 Å². The normalized spacial score (nSPS) is 12.3. The summed E-state index contributed by atoms with van der Waals surface area (Å²) < 4.78 is 64.4. The van der Waals surface area contributed by atoms with Crippen LogP contribution in [0.5, 0.6) is 0 Å². The van der Waals surface area contributed by atoms with Crippen LogP contribution in [0.25, 0.3) is 28.2 Å². The van der Waals surface area contributed by atoms with Crippen LogP contribution in [-0.4, -0.2) is 34.4 Å². The highest BCUT2D eigenvalue weighted by molar-refractivity contribution is 7.90. The molecule has 0 unspecified atom stereocenters. The van der Waals surface area contributed by atoms with Crippen LogP contribution in [0.2, 0.25) is 0 Å². The van der Waals surface area contributed by atoms with Crippen molar-refractivity contribution in [3.8, 4) is 28.2 Å². The van der Waals surface area contributed by atoms with Crippen LogP contribution < -0.4 is 0 Å². The molecule has 3 heterocycles. The number of hydrogen-bond acceptors (Lipinski definition) is 6. The van der Waals surface area contributed by atoms with Crippen molar-refractivity contribution >= 4 is 21.2 Å². The SMILES string of the molecule is Cc1nc(-c2ccc(-c3cc(C(F)(F)F)nn3-c3ccc(S(C)(=O)=O)nc3)cc2)cs1. The molecule has 6 nitrogen and oxygen atoms in total. The van der Waals surface area contributed by atoms with E-state index in [0.717, 1.165) is 33.3 Å². The third-order valence-electron chi connectivity index (χ3n) is 4.44. The molecule has 4 aromatic rings. The first-order chi connectivity index (χ1) is 14.5. The molecule has 0 amide bonds. The van der Waals surface area contributed by atoms with Crippen LogP contribution in [0.4, 0.5) is 13.2 Å². The van der Waals surface area contributed by atoms with E-state index in [0.29, 0.717) is 5.56 Å². The van der Waals surface area contributed by atoms with E-state index in [4.69, 9.17) is 0 Å². The first-order valence-corrected chi connectivity index (χ1v) is 11.7. The van der Waals surface area contributed by atoms with Crippen molar-refractivity contribution in [3.63, 3.8) is 0 Å². The molecule has 3 aromatic heterocycles. The minimum absolute atomic E-state index is 0.177. The molecule has 0 bridgehead atoms. The van der Waals surface area contributed by atoms with E-state index >= 15 is 0 Å². The molecule has 0 N–H and O–H groups in total. The molecule has 31 heavy (non-hydrogen) atoms.